The third-order valence-corrected chi connectivity index (χ3v) is 2.57. The lowest BCUT2D eigenvalue weighted by atomic mass is 9.78. The van der Waals surface area contributed by atoms with Gasteiger partial charge >= 0.3 is 0 Å². The van der Waals surface area contributed by atoms with Gasteiger partial charge in [-0.3, -0.25) is 4.99 Å². The van der Waals surface area contributed by atoms with Crippen LogP contribution in [-0.2, 0) is 4.74 Å². The Balaban J connectivity index is 2.16. The van der Waals surface area contributed by atoms with Crippen LogP contribution in [0.25, 0.3) is 0 Å². The summed E-state index contributed by atoms with van der Waals surface area (Å²) in [5, 5.41) is 0. The summed E-state index contributed by atoms with van der Waals surface area (Å²) in [4.78, 5) is 3.76. The Kier molecular flexibility index (Phi) is 3.06. The normalized spacial score (nSPS) is 20.8. The van der Waals surface area contributed by atoms with Gasteiger partial charge in [0.1, 0.15) is 0 Å². The summed E-state index contributed by atoms with van der Waals surface area (Å²) in [5.74, 6) is 0. The smallest absolute Gasteiger partial charge is 0.0680 e. The average molecular weight is 155 g/mol. The van der Waals surface area contributed by atoms with Gasteiger partial charge in [-0.1, -0.05) is 6.92 Å². The van der Waals surface area contributed by atoms with Crippen molar-refractivity contribution < 1.29 is 4.74 Å². The Morgan fingerprint density at radius 2 is 2.27 bits per heavy atom. The van der Waals surface area contributed by atoms with E-state index in [1.165, 1.54) is 19.3 Å². The molecule has 0 N–H and O–H groups in total. The molecule has 1 fully saturated rings. The summed E-state index contributed by atoms with van der Waals surface area (Å²) in [6, 6.07) is 0. The van der Waals surface area contributed by atoms with Crippen LogP contribution in [0.2, 0.25) is 0 Å². The van der Waals surface area contributed by atoms with Gasteiger partial charge in [-0.15, -0.1) is 0 Å². The highest BCUT2D eigenvalue weighted by molar-refractivity contribution is 5.23. The molecule has 0 aromatic rings. The summed E-state index contributed by atoms with van der Waals surface area (Å²) < 4.78 is 5.72. The van der Waals surface area contributed by atoms with Gasteiger partial charge in [0.25, 0.3) is 0 Å². The molecule has 1 aliphatic rings. The Bertz CT molecular complexity index is 124. The zero-order valence-electron chi connectivity index (χ0n) is 7.31. The maximum absolute atomic E-state index is 5.72. The van der Waals surface area contributed by atoms with E-state index in [0.717, 1.165) is 19.6 Å². The van der Waals surface area contributed by atoms with Crippen LogP contribution in [0.3, 0.4) is 0 Å². The molecule has 0 saturated heterocycles. The summed E-state index contributed by atoms with van der Waals surface area (Å²) in [6.45, 7) is 7.10. The number of rotatable bonds is 5. The van der Waals surface area contributed by atoms with Crippen molar-refractivity contribution in [2.75, 3.05) is 13.2 Å². The Labute approximate surface area is 68.7 Å². The van der Waals surface area contributed by atoms with Gasteiger partial charge in [-0.2, -0.15) is 0 Å². The Hall–Kier alpha value is -0.370. The first-order valence-corrected chi connectivity index (χ1v) is 4.39. The minimum Gasteiger partial charge on any atom is -0.373 e. The molecule has 1 aliphatic carbocycles. The first-order valence-electron chi connectivity index (χ1n) is 4.39. The third-order valence-electron chi connectivity index (χ3n) is 2.57. The van der Waals surface area contributed by atoms with Crippen molar-refractivity contribution in [2.24, 2.45) is 4.99 Å². The van der Waals surface area contributed by atoms with Crippen molar-refractivity contribution in [1.82, 2.24) is 0 Å². The van der Waals surface area contributed by atoms with E-state index in [9.17, 15) is 0 Å². The van der Waals surface area contributed by atoms with Crippen molar-refractivity contribution in [3.63, 3.8) is 0 Å². The fraction of sp³-hybridized carbons (Fsp3) is 0.889. The number of aliphatic imine (C=N–C) groups is 1. The molecule has 0 bridgehead atoms. The highest BCUT2D eigenvalue weighted by Crippen LogP contribution is 2.38. The molecular formula is C9H17NO. The molecule has 2 nitrogen and oxygen atoms in total. The number of hydrogen-bond acceptors (Lipinski definition) is 2. The van der Waals surface area contributed by atoms with Crippen LogP contribution in [0.5, 0.6) is 0 Å². The van der Waals surface area contributed by atoms with Gasteiger partial charge in [0, 0.05) is 0 Å². The van der Waals surface area contributed by atoms with E-state index in [1.54, 1.807) is 0 Å². The monoisotopic (exact) mass is 155 g/mol. The minimum atomic E-state index is 0.227. The van der Waals surface area contributed by atoms with Crippen LogP contribution in [0, 0.1) is 0 Å². The molecule has 0 heterocycles. The van der Waals surface area contributed by atoms with E-state index in [4.69, 9.17) is 4.74 Å². The molecule has 0 spiro atoms. The zero-order chi connectivity index (χ0) is 8.16. The summed E-state index contributed by atoms with van der Waals surface area (Å²) in [7, 11) is 0. The molecule has 0 amide bonds. The van der Waals surface area contributed by atoms with Gasteiger partial charge < -0.3 is 4.74 Å². The Morgan fingerprint density at radius 1 is 1.55 bits per heavy atom. The molecule has 1 saturated carbocycles. The van der Waals surface area contributed by atoms with Crippen LogP contribution in [-0.4, -0.2) is 25.5 Å². The Morgan fingerprint density at radius 3 is 2.64 bits per heavy atom. The summed E-state index contributed by atoms with van der Waals surface area (Å²) in [5.41, 5.74) is 0.227. The van der Waals surface area contributed by atoms with Crippen LogP contribution in [0.4, 0.5) is 0 Å². The molecule has 0 aromatic carbocycles. The second-order valence-electron chi connectivity index (χ2n) is 3.19. The van der Waals surface area contributed by atoms with E-state index < -0.39 is 0 Å². The van der Waals surface area contributed by atoms with Crippen LogP contribution in [0.1, 0.15) is 32.6 Å². The first kappa shape index (κ1) is 8.72. The maximum atomic E-state index is 5.72. The molecule has 0 atom stereocenters. The second-order valence-corrected chi connectivity index (χ2v) is 3.19. The van der Waals surface area contributed by atoms with Crippen LogP contribution >= 0.6 is 0 Å². The molecule has 0 unspecified atom stereocenters. The molecule has 64 valence electrons. The van der Waals surface area contributed by atoms with Crippen molar-refractivity contribution in [2.45, 2.75) is 38.2 Å². The van der Waals surface area contributed by atoms with E-state index in [-0.39, 0.29) is 5.60 Å². The van der Waals surface area contributed by atoms with Gasteiger partial charge in [0.15, 0.2) is 0 Å². The molecular weight excluding hydrogens is 138 g/mol. The van der Waals surface area contributed by atoms with Crippen molar-refractivity contribution in [1.29, 1.82) is 0 Å². The number of nitrogens with zero attached hydrogens (tertiary/aromatic N) is 1. The standard InChI is InChI=1S/C9H17NO/c1-3-9(5-4-6-9)11-8-7-10-2/h2-8H2,1H3. The fourth-order valence-corrected chi connectivity index (χ4v) is 1.50. The maximum Gasteiger partial charge on any atom is 0.0680 e. The van der Waals surface area contributed by atoms with Crippen molar-refractivity contribution in [3.8, 4) is 0 Å². The van der Waals surface area contributed by atoms with Crippen LogP contribution in [0.15, 0.2) is 4.99 Å². The molecule has 0 aromatic heterocycles. The molecule has 11 heavy (non-hydrogen) atoms. The molecule has 0 aliphatic heterocycles. The highest BCUT2D eigenvalue weighted by Gasteiger charge is 2.35. The van der Waals surface area contributed by atoms with Gasteiger partial charge in [-0.25, -0.2) is 0 Å². The summed E-state index contributed by atoms with van der Waals surface area (Å²) >= 11 is 0. The van der Waals surface area contributed by atoms with E-state index in [1.807, 2.05) is 0 Å². The number of hydrogen-bond donors (Lipinski definition) is 0. The van der Waals surface area contributed by atoms with E-state index in [2.05, 4.69) is 18.6 Å². The second kappa shape index (κ2) is 3.86. The molecule has 2 heteroatoms. The quantitative estimate of drug-likeness (QED) is 0.440. The molecule has 1 rings (SSSR count). The van der Waals surface area contributed by atoms with Gasteiger partial charge in [-0.05, 0) is 32.4 Å². The first-order chi connectivity index (χ1) is 5.33. The SMILES string of the molecule is C=NCCOC1(CC)CCC1. The lowest BCUT2D eigenvalue weighted by Crippen LogP contribution is -2.39. The van der Waals surface area contributed by atoms with Gasteiger partial charge in [0.05, 0.1) is 18.8 Å². The largest absolute Gasteiger partial charge is 0.373 e. The molecule has 0 radical (unpaired) electrons. The number of ether oxygens (including phenoxy) is 1. The van der Waals surface area contributed by atoms with Crippen molar-refractivity contribution in [3.05, 3.63) is 0 Å². The highest BCUT2D eigenvalue weighted by atomic mass is 16.5. The average Bonchev–Trinajstić information content (AvgIpc) is 1.95. The lowest BCUT2D eigenvalue weighted by molar-refractivity contribution is -0.0985. The van der Waals surface area contributed by atoms with E-state index >= 15 is 0 Å². The predicted molar refractivity (Wildman–Crippen MR) is 47.2 cm³/mol. The topological polar surface area (TPSA) is 21.6 Å². The third kappa shape index (κ3) is 2.03. The predicted octanol–water partition coefficient (Wildman–Crippen LogP) is 2.04. The summed E-state index contributed by atoms with van der Waals surface area (Å²) in [6.07, 6.45) is 4.95. The fourth-order valence-electron chi connectivity index (χ4n) is 1.50. The zero-order valence-corrected chi connectivity index (χ0v) is 7.31. The van der Waals surface area contributed by atoms with E-state index in [0.29, 0.717) is 0 Å². The van der Waals surface area contributed by atoms with Gasteiger partial charge in [0.2, 0.25) is 0 Å². The van der Waals surface area contributed by atoms with Crippen molar-refractivity contribution >= 4 is 6.72 Å². The lowest BCUT2D eigenvalue weighted by Gasteiger charge is -2.40. The van der Waals surface area contributed by atoms with Crippen LogP contribution < -0.4 is 0 Å². The minimum absolute atomic E-state index is 0.227.